The molecule has 0 saturated heterocycles. The number of amides is 2. The fourth-order valence-corrected chi connectivity index (χ4v) is 2.93. The average molecular weight is 308 g/mol. The summed E-state index contributed by atoms with van der Waals surface area (Å²) >= 11 is 1.56. The van der Waals surface area contributed by atoms with Crippen molar-refractivity contribution in [2.45, 2.75) is 24.8 Å². The number of hydrogen-bond acceptors (Lipinski definition) is 3. The Morgan fingerprint density at radius 2 is 2.19 bits per heavy atom. The van der Waals surface area contributed by atoms with E-state index in [0.29, 0.717) is 24.6 Å². The lowest BCUT2D eigenvalue weighted by Gasteiger charge is -2.30. The number of hydrogen-bond donors (Lipinski definition) is 3. The number of nitrogens with one attached hydrogen (secondary N) is 2. The summed E-state index contributed by atoms with van der Waals surface area (Å²) < 4.78 is 0. The van der Waals surface area contributed by atoms with E-state index < -0.39 is 18.0 Å². The molecule has 1 aromatic rings. The summed E-state index contributed by atoms with van der Waals surface area (Å²) in [6.45, 7) is 0.539. The van der Waals surface area contributed by atoms with Crippen LogP contribution in [0.15, 0.2) is 24.3 Å². The number of benzene rings is 1. The predicted octanol–water partition coefficient (Wildman–Crippen LogP) is 1.83. The molecule has 5 nitrogen and oxygen atoms in total. The number of urea groups is 1. The Hall–Kier alpha value is -1.69. The van der Waals surface area contributed by atoms with E-state index in [1.165, 1.54) is 11.1 Å². The molecule has 1 aliphatic carbocycles. The van der Waals surface area contributed by atoms with Gasteiger partial charge < -0.3 is 15.7 Å². The van der Waals surface area contributed by atoms with Crippen molar-refractivity contribution in [3.8, 4) is 0 Å². The maximum Gasteiger partial charge on any atom is 0.326 e. The largest absolute Gasteiger partial charge is 0.480 e. The van der Waals surface area contributed by atoms with E-state index >= 15 is 0 Å². The third-order valence-corrected chi connectivity index (χ3v) is 4.33. The number of carboxylic acid groups (broad SMARTS) is 1. The molecule has 0 bridgehead atoms. The first kappa shape index (κ1) is 15.7. The lowest BCUT2D eigenvalue weighted by molar-refractivity contribution is -0.139. The molecule has 1 aliphatic rings. The van der Waals surface area contributed by atoms with Gasteiger partial charge in [-0.1, -0.05) is 24.3 Å². The van der Waals surface area contributed by atoms with E-state index in [-0.39, 0.29) is 0 Å². The predicted molar refractivity (Wildman–Crippen MR) is 83.8 cm³/mol. The topological polar surface area (TPSA) is 78.4 Å². The number of carbonyl (C=O) groups excluding carboxylic acids is 1. The molecular formula is C15H20N2O3S. The Labute approximate surface area is 128 Å². The molecule has 6 heteroatoms. The standard InChI is InChI=1S/C15H20N2O3S/c1-21-7-6-13(14(18)19)17-15(20)16-9-11-8-10-4-2-3-5-12(10)11/h2-5,11,13H,6-9H2,1H3,(H,18,19)(H2,16,17,20)/t11?,13-/m0/s1. The van der Waals surface area contributed by atoms with E-state index in [9.17, 15) is 9.59 Å². The SMILES string of the molecule is CSCC[C@H](NC(=O)NCC1Cc2ccccc21)C(=O)O. The lowest BCUT2D eigenvalue weighted by atomic mass is 9.78. The summed E-state index contributed by atoms with van der Waals surface area (Å²) in [7, 11) is 0. The molecule has 21 heavy (non-hydrogen) atoms. The molecule has 2 atom stereocenters. The molecule has 0 aromatic heterocycles. The molecule has 0 radical (unpaired) electrons. The van der Waals surface area contributed by atoms with Crippen molar-refractivity contribution in [2.75, 3.05) is 18.6 Å². The van der Waals surface area contributed by atoms with Gasteiger partial charge in [0.1, 0.15) is 6.04 Å². The van der Waals surface area contributed by atoms with Crippen LogP contribution in [0, 0.1) is 0 Å². The molecule has 0 heterocycles. The molecule has 114 valence electrons. The number of carboxylic acids is 1. The van der Waals surface area contributed by atoms with Gasteiger partial charge in [0.15, 0.2) is 0 Å². The van der Waals surface area contributed by atoms with E-state index in [2.05, 4.69) is 22.8 Å². The summed E-state index contributed by atoms with van der Waals surface area (Å²) in [4.78, 5) is 22.8. The first-order valence-electron chi connectivity index (χ1n) is 6.95. The Bertz CT molecular complexity index is 521. The fraction of sp³-hybridized carbons (Fsp3) is 0.467. The maximum absolute atomic E-state index is 11.8. The molecule has 2 amide bonds. The van der Waals surface area contributed by atoms with Crippen LogP contribution in [0.5, 0.6) is 0 Å². The van der Waals surface area contributed by atoms with Crippen molar-refractivity contribution in [1.82, 2.24) is 10.6 Å². The minimum absolute atomic E-state index is 0.335. The number of aliphatic carboxylic acids is 1. The van der Waals surface area contributed by atoms with Gasteiger partial charge in [-0.3, -0.25) is 0 Å². The number of thioether (sulfide) groups is 1. The molecular weight excluding hydrogens is 288 g/mol. The quantitative estimate of drug-likeness (QED) is 0.718. The minimum atomic E-state index is -0.992. The summed E-state index contributed by atoms with van der Waals surface area (Å²) in [6.07, 6.45) is 3.30. The van der Waals surface area contributed by atoms with Gasteiger partial charge in [0.2, 0.25) is 0 Å². The smallest absolute Gasteiger partial charge is 0.326 e. The highest BCUT2D eigenvalue weighted by Gasteiger charge is 2.26. The van der Waals surface area contributed by atoms with E-state index in [1.807, 2.05) is 18.4 Å². The molecule has 0 saturated carbocycles. The summed E-state index contributed by atoms with van der Waals surface area (Å²) in [5.74, 6) is 0.0439. The van der Waals surface area contributed by atoms with Crippen LogP contribution in [0.25, 0.3) is 0 Å². The molecule has 0 fully saturated rings. The van der Waals surface area contributed by atoms with Gasteiger partial charge in [0.25, 0.3) is 0 Å². The van der Waals surface area contributed by atoms with Crippen LogP contribution in [0.4, 0.5) is 4.79 Å². The second kappa shape index (κ2) is 7.36. The van der Waals surface area contributed by atoms with Crippen LogP contribution >= 0.6 is 11.8 Å². The van der Waals surface area contributed by atoms with Crippen molar-refractivity contribution in [2.24, 2.45) is 0 Å². The highest BCUT2D eigenvalue weighted by Crippen LogP contribution is 2.33. The van der Waals surface area contributed by atoms with Gasteiger partial charge in [-0.15, -0.1) is 0 Å². The zero-order valence-electron chi connectivity index (χ0n) is 12.0. The average Bonchev–Trinajstić information content (AvgIpc) is 2.44. The van der Waals surface area contributed by atoms with Crippen molar-refractivity contribution in [3.63, 3.8) is 0 Å². The van der Waals surface area contributed by atoms with Gasteiger partial charge >= 0.3 is 12.0 Å². The maximum atomic E-state index is 11.8. The number of rotatable bonds is 7. The highest BCUT2D eigenvalue weighted by molar-refractivity contribution is 7.98. The van der Waals surface area contributed by atoms with Crippen LogP contribution in [-0.2, 0) is 11.2 Å². The number of carbonyl (C=O) groups is 2. The second-order valence-electron chi connectivity index (χ2n) is 5.13. The van der Waals surface area contributed by atoms with Crippen LogP contribution in [0.3, 0.4) is 0 Å². The first-order chi connectivity index (χ1) is 10.1. The number of fused-ring (bicyclic) bond motifs is 1. The fourth-order valence-electron chi connectivity index (χ4n) is 2.46. The first-order valence-corrected chi connectivity index (χ1v) is 8.35. The van der Waals surface area contributed by atoms with Crippen LogP contribution in [0.2, 0.25) is 0 Å². The second-order valence-corrected chi connectivity index (χ2v) is 6.11. The van der Waals surface area contributed by atoms with Gasteiger partial charge in [-0.25, -0.2) is 9.59 Å². The van der Waals surface area contributed by atoms with E-state index in [0.717, 1.165) is 6.42 Å². The minimum Gasteiger partial charge on any atom is -0.480 e. The molecule has 1 aromatic carbocycles. The van der Waals surface area contributed by atoms with Crippen LogP contribution in [-0.4, -0.2) is 41.7 Å². The monoisotopic (exact) mass is 308 g/mol. The summed E-state index contributed by atoms with van der Waals surface area (Å²) in [6, 6.07) is 6.93. The van der Waals surface area contributed by atoms with Gasteiger partial charge in [0.05, 0.1) is 0 Å². The van der Waals surface area contributed by atoms with E-state index in [4.69, 9.17) is 5.11 Å². The zero-order chi connectivity index (χ0) is 15.2. The van der Waals surface area contributed by atoms with Gasteiger partial charge in [0, 0.05) is 12.5 Å². The van der Waals surface area contributed by atoms with Crippen molar-refractivity contribution < 1.29 is 14.7 Å². The summed E-state index contributed by atoms with van der Waals surface area (Å²) in [5, 5.41) is 14.3. The highest BCUT2D eigenvalue weighted by atomic mass is 32.2. The Kier molecular flexibility index (Phi) is 5.50. The Morgan fingerprint density at radius 1 is 1.43 bits per heavy atom. The molecule has 0 aliphatic heterocycles. The normalized spacial score (nSPS) is 17.3. The van der Waals surface area contributed by atoms with Crippen molar-refractivity contribution >= 4 is 23.8 Å². The van der Waals surface area contributed by atoms with Gasteiger partial charge in [-0.2, -0.15) is 11.8 Å². The lowest BCUT2D eigenvalue weighted by Crippen LogP contribution is -2.47. The van der Waals surface area contributed by atoms with Crippen molar-refractivity contribution in [3.05, 3.63) is 35.4 Å². The molecule has 0 spiro atoms. The Balaban J connectivity index is 1.76. The van der Waals surface area contributed by atoms with E-state index in [1.54, 1.807) is 11.8 Å². The molecule has 3 N–H and O–H groups in total. The third kappa shape index (κ3) is 4.14. The van der Waals surface area contributed by atoms with Crippen LogP contribution in [0.1, 0.15) is 23.5 Å². The van der Waals surface area contributed by atoms with Crippen molar-refractivity contribution in [1.29, 1.82) is 0 Å². The van der Waals surface area contributed by atoms with Gasteiger partial charge in [-0.05, 0) is 36.0 Å². The third-order valence-electron chi connectivity index (χ3n) is 3.68. The zero-order valence-corrected chi connectivity index (χ0v) is 12.8. The summed E-state index contributed by atoms with van der Waals surface area (Å²) in [5.41, 5.74) is 2.60. The van der Waals surface area contributed by atoms with Crippen LogP contribution < -0.4 is 10.6 Å². The molecule has 1 unspecified atom stereocenters. The molecule has 2 rings (SSSR count). The Morgan fingerprint density at radius 3 is 2.86 bits per heavy atom.